The molecule has 0 aliphatic rings. The van der Waals surface area contributed by atoms with Crippen LogP contribution in [-0.2, 0) is 57.2 Å². The molecule has 0 saturated carbocycles. The van der Waals surface area contributed by atoms with E-state index in [0.29, 0.717) is 103 Å². The lowest BCUT2D eigenvalue weighted by Crippen LogP contribution is -2.39. The summed E-state index contributed by atoms with van der Waals surface area (Å²) >= 11 is 0. The minimum absolute atomic E-state index is 0.0796. The Morgan fingerprint density at radius 1 is 0.354 bits per heavy atom. The molecule has 12 nitrogen and oxygen atoms in total. The molecule has 0 amide bonds. The second-order valence-electron chi connectivity index (χ2n) is 12.2. The van der Waals surface area contributed by atoms with Crippen molar-refractivity contribution in [3.05, 3.63) is 0 Å². The van der Waals surface area contributed by atoms with Crippen molar-refractivity contribution in [1.82, 2.24) is 0 Å². The fourth-order valence-corrected chi connectivity index (χ4v) is 4.38. The van der Waals surface area contributed by atoms with Crippen LogP contribution in [-0.4, -0.2) is 75.5 Å². The SMILES string of the molecule is CCCC(=O)OCCCCCC(=O)OCC(CC)(COC(=O)CCCCCOC(=O)CCC)COC(=O)CCCCCOC(=O)CCC. The van der Waals surface area contributed by atoms with Gasteiger partial charge in [0, 0.05) is 38.5 Å². The van der Waals surface area contributed by atoms with E-state index in [2.05, 4.69) is 0 Å². The minimum atomic E-state index is -0.907. The first-order valence-corrected chi connectivity index (χ1v) is 18.0. The molecule has 0 heterocycles. The van der Waals surface area contributed by atoms with Crippen LogP contribution >= 0.6 is 0 Å². The summed E-state index contributed by atoms with van der Waals surface area (Å²) in [5, 5.41) is 0. The summed E-state index contributed by atoms with van der Waals surface area (Å²) in [6.45, 7) is 8.31. The Hall–Kier alpha value is -3.18. The summed E-state index contributed by atoms with van der Waals surface area (Å²) in [6.07, 6.45) is 10.2. The van der Waals surface area contributed by atoms with E-state index in [1.165, 1.54) is 0 Å². The standard InChI is InChI=1S/C36H62O12/c1-5-18-30(37)43-24-15-9-12-21-33(40)46-27-36(8-4,28-47-34(41)22-13-10-16-25-44-31(38)19-6-2)29-48-35(42)23-14-11-17-26-45-32(39)20-7-3/h5-29H2,1-4H3. The van der Waals surface area contributed by atoms with Crippen LogP contribution < -0.4 is 0 Å². The number of carbonyl (C=O) groups excluding carboxylic acids is 6. The molecule has 0 aromatic rings. The third kappa shape index (κ3) is 25.9. The van der Waals surface area contributed by atoms with Gasteiger partial charge in [0.2, 0.25) is 0 Å². The Kier molecular flexibility index (Phi) is 27.9. The molecule has 0 fully saturated rings. The quantitative estimate of drug-likeness (QED) is 0.0431. The molecule has 0 unspecified atom stereocenters. The fourth-order valence-electron chi connectivity index (χ4n) is 4.38. The monoisotopic (exact) mass is 686 g/mol. The number of rotatable bonds is 31. The van der Waals surface area contributed by atoms with E-state index in [4.69, 9.17) is 28.4 Å². The van der Waals surface area contributed by atoms with E-state index in [-0.39, 0.29) is 57.0 Å². The van der Waals surface area contributed by atoms with Gasteiger partial charge in [-0.15, -0.1) is 0 Å². The Labute approximate surface area is 287 Å². The normalized spacial score (nSPS) is 11.0. The molecule has 0 N–H and O–H groups in total. The lowest BCUT2D eigenvalue weighted by molar-refractivity contribution is -0.163. The lowest BCUT2D eigenvalue weighted by Gasteiger charge is -2.31. The summed E-state index contributed by atoms with van der Waals surface area (Å²) < 4.78 is 32.1. The molecule has 12 heteroatoms. The molecule has 0 aromatic heterocycles. The van der Waals surface area contributed by atoms with Crippen LogP contribution in [0.1, 0.15) is 150 Å². The maximum atomic E-state index is 12.5. The first-order chi connectivity index (χ1) is 23.1. The van der Waals surface area contributed by atoms with E-state index in [9.17, 15) is 28.8 Å². The van der Waals surface area contributed by atoms with Gasteiger partial charge in [-0.1, -0.05) is 27.7 Å². The van der Waals surface area contributed by atoms with Crippen molar-refractivity contribution in [2.45, 2.75) is 150 Å². The van der Waals surface area contributed by atoms with Crippen molar-refractivity contribution in [1.29, 1.82) is 0 Å². The summed E-state index contributed by atoms with van der Waals surface area (Å²) in [7, 11) is 0. The highest BCUT2D eigenvalue weighted by Crippen LogP contribution is 2.25. The molecule has 0 bridgehead atoms. The molecule has 0 atom stereocenters. The number of unbranched alkanes of at least 4 members (excludes halogenated alkanes) is 6. The first-order valence-electron chi connectivity index (χ1n) is 18.0. The zero-order chi connectivity index (χ0) is 35.9. The summed E-state index contributed by atoms with van der Waals surface area (Å²) in [4.78, 5) is 72.0. The van der Waals surface area contributed by atoms with Crippen LogP contribution in [0.5, 0.6) is 0 Å². The van der Waals surface area contributed by atoms with Gasteiger partial charge in [-0.05, 0) is 83.5 Å². The van der Waals surface area contributed by atoms with Crippen molar-refractivity contribution < 1.29 is 57.2 Å². The van der Waals surface area contributed by atoms with Crippen LogP contribution in [0.2, 0.25) is 0 Å². The number of esters is 6. The Morgan fingerprint density at radius 3 is 0.875 bits per heavy atom. The predicted molar refractivity (Wildman–Crippen MR) is 179 cm³/mol. The van der Waals surface area contributed by atoms with Crippen LogP contribution in [0.4, 0.5) is 0 Å². The minimum Gasteiger partial charge on any atom is -0.466 e. The van der Waals surface area contributed by atoms with Crippen molar-refractivity contribution in [2.75, 3.05) is 39.6 Å². The number of carbonyl (C=O) groups is 6. The molecule has 0 rings (SSSR count). The highest BCUT2D eigenvalue weighted by Gasteiger charge is 2.34. The van der Waals surface area contributed by atoms with Crippen molar-refractivity contribution >= 4 is 35.8 Å². The van der Waals surface area contributed by atoms with Crippen molar-refractivity contribution in [3.63, 3.8) is 0 Å². The van der Waals surface area contributed by atoms with Crippen LogP contribution in [0.25, 0.3) is 0 Å². The first kappa shape index (κ1) is 44.8. The summed E-state index contributed by atoms with van der Waals surface area (Å²) in [6, 6.07) is 0. The maximum absolute atomic E-state index is 12.5. The van der Waals surface area contributed by atoms with Crippen molar-refractivity contribution in [3.8, 4) is 0 Å². The average molecular weight is 687 g/mol. The zero-order valence-corrected chi connectivity index (χ0v) is 30.1. The van der Waals surface area contributed by atoms with Crippen LogP contribution in [0.15, 0.2) is 0 Å². The molecular formula is C36H62O12. The topological polar surface area (TPSA) is 158 Å². The van der Waals surface area contributed by atoms with E-state index >= 15 is 0 Å². The van der Waals surface area contributed by atoms with Gasteiger partial charge in [0.05, 0.1) is 25.2 Å². The number of ether oxygens (including phenoxy) is 6. The Morgan fingerprint density at radius 2 is 0.625 bits per heavy atom. The molecule has 48 heavy (non-hydrogen) atoms. The molecule has 0 aliphatic heterocycles. The third-order valence-corrected chi connectivity index (χ3v) is 7.60. The predicted octanol–water partition coefficient (Wildman–Crippen LogP) is 6.72. The molecule has 0 aromatic carbocycles. The van der Waals surface area contributed by atoms with Gasteiger partial charge >= 0.3 is 35.8 Å². The highest BCUT2D eigenvalue weighted by molar-refractivity contribution is 5.71. The van der Waals surface area contributed by atoms with Gasteiger partial charge in [-0.2, -0.15) is 0 Å². The van der Waals surface area contributed by atoms with Gasteiger partial charge in [-0.3, -0.25) is 28.8 Å². The maximum Gasteiger partial charge on any atom is 0.305 e. The Balaban J connectivity index is 4.80. The molecule has 0 aliphatic carbocycles. The second-order valence-corrected chi connectivity index (χ2v) is 12.2. The fraction of sp³-hybridized carbons (Fsp3) is 0.833. The van der Waals surface area contributed by atoms with E-state index in [1.807, 2.05) is 27.7 Å². The van der Waals surface area contributed by atoms with E-state index in [0.717, 1.165) is 19.3 Å². The van der Waals surface area contributed by atoms with Crippen LogP contribution in [0, 0.1) is 5.41 Å². The smallest absolute Gasteiger partial charge is 0.305 e. The summed E-state index contributed by atoms with van der Waals surface area (Å²) in [5.74, 6) is -1.88. The molecular weight excluding hydrogens is 624 g/mol. The van der Waals surface area contributed by atoms with Gasteiger partial charge < -0.3 is 28.4 Å². The van der Waals surface area contributed by atoms with Gasteiger partial charge in [0.25, 0.3) is 0 Å². The summed E-state index contributed by atoms with van der Waals surface area (Å²) in [5.41, 5.74) is -0.907. The van der Waals surface area contributed by atoms with Crippen molar-refractivity contribution in [2.24, 2.45) is 5.41 Å². The molecule has 0 spiro atoms. The molecule has 0 radical (unpaired) electrons. The van der Waals surface area contributed by atoms with E-state index in [1.54, 1.807) is 0 Å². The number of hydrogen-bond donors (Lipinski definition) is 0. The van der Waals surface area contributed by atoms with Gasteiger partial charge in [0.15, 0.2) is 0 Å². The largest absolute Gasteiger partial charge is 0.466 e. The highest BCUT2D eigenvalue weighted by atomic mass is 16.6. The molecule has 0 saturated heterocycles. The van der Waals surface area contributed by atoms with Crippen LogP contribution in [0.3, 0.4) is 0 Å². The zero-order valence-electron chi connectivity index (χ0n) is 30.1. The lowest BCUT2D eigenvalue weighted by atomic mass is 9.88. The Bertz CT molecular complexity index is 805. The third-order valence-electron chi connectivity index (χ3n) is 7.60. The van der Waals surface area contributed by atoms with Gasteiger partial charge in [0.1, 0.15) is 19.8 Å². The molecule has 278 valence electrons. The van der Waals surface area contributed by atoms with E-state index < -0.39 is 23.3 Å². The second kappa shape index (κ2) is 29.9. The van der Waals surface area contributed by atoms with Gasteiger partial charge in [-0.25, -0.2) is 0 Å². The average Bonchev–Trinajstić information content (AvgIpc) is 3.06. The number of hydrogen-bond acceptors (Lipinski definition) is 12.